The Hall–Kier alpha value is -0.210. The lowest BCUT2D eigenvalue weighted by molar-refractivity contribution is 0.0208. The number of hydrogen-bond donors (Lipinski definition) is 1. The number of nitrogens with zero attached hydrogens (tertiary/aromatic N) is 2. The van der Waals surface area contributed by atoms with Gasteiger partial charge in [0.05, 0.1) is 19.0 Å². The minimum atomic E-state index is -3.18. The Kier molecular flexibility index (Phi) is 7.08. The van der Waals surface area contributed by atoms with Crippen molar-refractivity contribution in [2.45, 2.75) is 26.2 Å². The van der Waals surface area contributed by atoms with Gasteiger partial charge in [-0.2, -0.15) is 0 Å². The second-order valence-electron chi connectivity index (χ2n) is 6.55. The van der Waals surface area contributed by atoms with Crippen LogP contribution in [0.1, 0.15) is 26.2 Å². The van der Waals surface area contributed by atoms with Crippen LogP contribution in [0.4, 0.5) is 0 Å². The monoisotopic (exact) mass is 334 g/mol. The fourth-order valence-corrected chi connectivity index (χ4v) is 5.15. The maximum Gasteiger partial charge on any atom is 0.214 e. The molecule has 0 unspecified atom stereocenters. The van der Waals surface area contributed by atoms with E-state index in [0.717, 1.165) is 45.7 Å². The molecule has 2 heterocycles. The van der Waals surface area contributed by atoms with Gasteiger partial charge < -0.3 is 9.84 Å². The molecule has 0 aromatic carbocycles. The molecule has 7 heteroatoms. The van der Waals surface area contributed by atoms with Gasteiger partial charge in [-0.3, -0.25) is 4.90 Å². The molecule has 0 bridgehead atoms. The molecule has 2 rings (SSSR count). The predicted octanol–water partition coefficient (Wildman–Crippen LogP) is 0.379. The number of ether oxygens (including phenoxy) is 1. The number of sulfonamides is 1. The molecule has 22 heavy (non-hydrogen) atoms. The lowest BCUT2D eigenvalue weighted by Crippen LogP contribution is -2.49. The van der Waals surface area contributed by atoms with Crippen molar-refractivity contribution in [3.63, 3.8) is 0 Å². The molecule has 2 aliphatic heterocycles. The smallest absolute Gasteiger partial charge is 0.214 e. The highest BCUT2D eigenvalue weighted by molar-refractivity contribution is 7.89. The molecule has 2 saturated heterocycles. The van der Waals surface area contributed by atoms with Gasteiger partial charge in [-0.1, -0.05) is 13.3 Å². The van der Waals surface area contributed by atoms with Crippen LogP contribution in [0.3, 0.4) is 0 Å². The summed E-state index contributed by atoms with van der Waals surface area (Å²) in [6.07, 6.45) is 2.50. The fraction of sp³-hybridized carbons (Fsp3) is 1.00. The fourth-order valence-electron chi connectivity index (χ4n) is 3.37. The third kappa shape index (κ3) is 5.16. The summed E-state index contributed by atoms with van der Waals surface area (Å²) in [6.45, 7) is 7.40. The summed E-state index contributed by atoms with van der Waals surface area (Å²) in [5, 5.41) is 9.52. The maximum atomic E-state index is 12.5. The van der Waals surface area contributed by atoms with E-state index in [9.17, 15) is 13.5 Å². The molecule has 0 aromatic heterocycles. The van der Waals surface area contributed by atoms with Gasteiger partial charge in [0.2, 0.25) is 10.0 Å². The molecule has 0 radical (unpaired) electrons. The molecule has 0 spiro atoms. The Balaban J connectivity index is 1.96. The average Bonchev–Trinajstić information content (AvgIpc) is 2.53. The van der Waals surface area contributed by atoms with E-state index < -0.39 is 10.0 Å². The molecule has 0 amide bonds. The summed E-state index contributed by atoms with van der Waals surface area (Å²) >= 11 is 0. The zero-order valence-electron chi connectivity index (χ0n) is 13.6. The zero-order chi connectivity index (χ0) is 16.0. The summed E-state index contributed by atoms with van der Waals surface area (Å²) in [4.78, 5) is 2.35. The second kappa shape index (κ2) is 8.59. The quantitative estimate of drug-likeness (QED) is 0.729. The molecule has 0 aliphatic carbocycles. The summed E-state index contributed by atoms with van der Waals surface area (Å²) in [5.41, 5.74) is 0. The molecule has 2 atom stereocenters. The minimum absolute atomic E-state index is 0.0659. The first kappa shape index (κ1) is 18.1. The zero-order valence-corrected chi connectivity index (χ0v) is 14.4. The van der Waals surface area contributed by atoms with Crippen LogP contribution in [-0.4, -0.2) is 81.0 Å². The van der Waals surface area contributed by atoms with Crippen LogP contribution in [0.15, 0.2) is 0 Å². The number of hydrogen-bond acceptors (Lipinski definition) is 5. The molecule has 2 aliphatic rings. The van der Waals surface area contributed by atoms with Crippen LogP contribution < -0.4 is 0 Å². The highest BCUT2D eigenvalue weighted by Gasteiger charge is 2.34. The maximum absolute atomic E-state index is 12.5. The number of aliphatic hydroxyl groups excluding tert-OH is 1. The van der Waals surface area contributed by atoms with Crippen LogP contribution in [0.5, 0.6) is 0 Å². The summed E-state index contributed by atoms with van der Waals surface area (Å²) < 4.78 is 31.9. The Bertz CT molecular complexity index is 423. The Labute approximate surface area is 134 Å². The Morgan fingerprint density at radius 3 is 2.50 bits per heavy atom. The molecule has 1 N–H and O–H groups in total. The molecule has 2 fully saturated rings. The van der Waals surface area contributed by atoms with Gasteiger partial charge in [-0.25, -0.2) is 12.7 Å². The topological polar surface area (TPSA) is 70.1 Å². The van der Waals surface area contributed by atoms with E-state index in [4.69, 9.17) is 4.74 Å². The number of unbranched alkanes of at least 4 members (excludes halogenated alkanes) is 1. The standard InChI is InChI=1S/C15H30N2O4S/c1-2-3-8-22(19,20)17-11-14(9-15(12-17)13-18)10-16-4-6-21-7-5-16/h14-15,18H,2-13H2,1H3/t14-,15+/m1/s1. The largest absolute Gasteiger partial charge is 0.396 e. The lowest BCUT2D eigenvalue weighted by Gasteiger charge is -2.39. The third-order valence-electron chi connectivity index (χ3n) is 4.62. The summed E-state index contributed by atoms with van der Waals surface area (Å²) in [5.74, 6) is 0.600. The van der Waals surface area contributed by atoms with Crippen molar-refractivity contribution in [2.75, 3.05) is 58.3 Å². The van der Waals surface area contributed by atoms with E-state index in [2.05, 4.69) is 4.90 Å². The van der Waals surface area contributed by atoms with Crippen LogP contribution in [-0.2, 0) is 14.8 Å². The molecule has 130 valence electrons. The number of morpholine rings is 1. The van der Waals surface area contributed by atoms with Gasteiger partial charge in [0.15, 0.2) is 0 Å². The van der Waals surface area contributed by atoms with Crippen molar-refractivity contribution >= 4 is 10.0 Å². The molecule has 0 saturated carbocycles. The summed E-state index contributed by atoms with van der Waals surface area (Å²) in [7, 11) is -3.18. The average molecular weight is 334 g/mol. The highest BCUT2D eigenvalue weighted by atomic mass is 32.2. The van der Waals surface area contributed by atoms with Gasteiger partial charge in [-0.15, -0.1) is 0 Å². The number of piperidine rings is 1. The first-order chi connectivity index (χ1) is 10.5. The number of aliphatic hydroxyl groups is 1. The minimum Gasteiger partial charge on any atom is -0.396 e. The molecule has 0 aromatic rings. The Morgan fingerprint density at radius 1 is 1.18 bits per heavy atom. The number of rotatable bonds is 7. The third-order valence-corrected chi connectivity index (χ3v) is 6.51. The Morgan fingerprint density at radius 2 is 1.86 bits per heavy atom. The van der Waals surface area contributed by atoms with E-state index >= 15 is 0 Å². The van der Waals surface area contributed by atoms with E-state index in [1.54, 1.807) is 4.31 Å². The van der Waals surface area contributed by atoms with E-state index in [1.165, 1.54) is 0 Å². The first-order valence-corrected chi connectivity index (χ1v) is 10.0. The van der Waals surface area contributed by atoms with E-state index in [0.29, 0.717) is 25.4 Å². The van der Waals surface area contributed by atoms with Crippen molar-refractivity contribution < 1.29 is 18.3 Å². The molecular weight excluding hydrogens is 304 g/mol. The van der Waals surface area contributed by atoms with E-state index in [1.807, 2.05) is 6.92 Å². The lowest BCUT2D eigenvalue weighted by atomic mass is 9.90. The normalized spacial score (nSPS) is 28.8. The highest BCUT2D eigenvalue weighted by Crippen LogP contribution is 2.25. The van der Waals surface area contributed by atoms with E-state index in [-0.39, 0.29) is 18.3 Å². The van der Waals surface area contributed by atoms with Gasteiger partial charge in [0.25, 0.3) is 0 Å². The molecular formula is C15H30N2O4S. The van der Waals surface area contributed by atoms with Crippen molar-refractivity contribution in [3.05, 3.63) is 0 Å². The van der Waals surface area contributed by atoms with Crippen molar-refractivity contribution in [3.8, 4) is 0 Å². The summed E-state index contributed by atoms with van der Waals surface area (Å²) in [6, 6.07) is 0. The van der Waals surface area contributed by atoms with Gasteiger partial charge in [-0.05, 0) is 24.7 Å². The predicted molar refractivity (Wildman–Crippen MR) is 86.2 cm³/mol. The van der Waals surface area contributed by atoms with Crippen LogP contribution in [0, 0.1) is 11.8 Å². The van der Waals surface area contributed by atoms with Crippen molar-refractivity contribution in [1.29, 1.82) is 0 Å². The SMILES string of the molecule is CCCCS(=O)(=O)N1C[C@@H](CN2CCOCC2)C[C@H](CO)C1. The second-order valence-corrected chi connectivity index (χ2v) is 8.64. The first-order valence-electron chi connectivity index (χ1n) is 8.44. The van der Waals surface area contributed by atoms with Crippen molar-refractivity contribution in [2.24, 2.45) is 11.8 Å². The van der Waals surface area contributed by atoms with Crippen molar-refractivity contribution in [1.82, 2.24) is 9.21 Å². The van der Waals surface area contributed by atoms with Gasteiger partial charge in [0.1, 0.15) is 0 Å². The van der Waals surface area contributed by atoms with Crippen LogP contribution in [0.2, 0.25) is 0 Å². The van der Waals surface area contributed by atoms with Crippen LogP contribution in [0.25, 0.3) is 0 Å². The van der Waals surface area contributed by atoms with Crippen LogP contribution >= 0.6 is 0 Å². The molecule has 6 nitrogen and oxygen atoms in total. The van der Waals surface area contributed by atoms with Gasteiger partial charge in [0, 0.05) is 39.3 Å². The van der Waals surface area contributed by atoms with Gasteiger partial charge >= 0.3 is 0 Å².